The Hall–Kier alpha value is -1.35. The summed E-state index contributed by atoms with van der Waals surface area (Å²) in [6.45, 7) is 4.51. The van der Waals surface area contributed by atoms with Crippen LogP contribution >= 0.6 is 0 Å². The highest BCUT2D eigenvalue weighted by atomic mass is 16.6. The van der Waals surface area contributed by atoms with Crippen molar-refractivity contribution >= 4 is 5.91 Å². The summed E-state index contributed by atoms with van der Waals surface area (Å²) >= 11 is 0. The standard InChI is InChI=1S/C14H21NO2/c1-3-5-6-12-7-9-13(10-8-12)11-14(16)15-17-4-2/h7-10H,3-6,11H2,1-2H3,(H,15,16). The van der Waals surface area contributed by atoms with Crippen molar-refractivity contribution in [2.24, 2.45) is 0 Å². The second kappa shape index (κ2) is 7.85. The van der Waals surface area contributed by atoms with Gasteiger partial charge in [-0.1, -0.05) is 37.6 Å². The van der Waals surface area contributed by atoms with E-state index in [1.807, 2.05) is 19.1 Å². The molecule has 0 fully saturated rings. The Labute approximate surface area is 103 Å². The van der Waals surface area contributed by atoms with Crippen LogP contribution in [0.5, 0.6) is 0 Å². The first-order valence-electron chi connectivity index (χ1n) is 6.24. The maximum Gasteiger partial charge on any atom is 0.247 e. The molecule has 0 aliphatic carbocycles. The van der Waals surface area contributed by atoms with Crippen molar-refractivity contribution in [3.05, 3.63) is 35.4 Å². The Balaban J connectivity index is 2.42. The van der Waals surface area contributed by atoms with Gasteiger partial charge in [0.2, 0.25) is 5.91 Å². The molecule has 0 atom stereocenters. The van der Waals surface area contributed by atoms with Gasteiger partial charge in [0.1, 0.15) is 0 Å². The van der Waals surface area contributed by atoms with Gasteiger partial charge in [0.05, 0.1) is 13.0 Å². The molecule has 0 spiro atoms. The van der Waals surface area contributed by atoms with E-state index in [2.05, 4.69) is 24.5 Å². The highest BCUT2D eigenvalue weighted by molar-refractivity contribution is 5.77. The zero-order valence-electron chi connectivity index (χ0n) is 10.7. The molecule has 1 aromatic rings. The van der Waals surface area contributed by atoms with Gasteiger partial charge in [-0.15, -0.1) is 0 Å². The molecule has 0 radical (unpaired) electrons. The van der Waals surface area contributed by atoms with E-state index in [9.17, 15) is 4.79 Å². The van der Waals surface area contributed by atoms with Crippen LogP contribution in [0.25, 0.3) is 0 Å². The van der Waals surface area contributed by atoms with Crippen molar-refractivity contribution < 1.29 is 9.63 Å². The second-order valence-corrected chi connectivity index (χ2v) is 4.06. The summed E-state index contributed by atoms with van der Waals surface area (Å²) < 4.78 is 0. The lowest BCUT2D eigenvalue weighted by molar-refractivity contribution is -0.132. The number of rotatable bonds is 7. The first-order chi connectivity index (χ1) is 8.26. The predicted molar refractivity (Wildman–Crippen MR) is 68.5 cm³/mol. The van der Waals surface area contributed by atoms with Gasteiger partial charge in [-0.05, 0) is 30.9 Å². The Morgan fingerprint density at radius 1 is 1.18 bits per heavy atom. The number of carbonyl (C=O) groups is 1. The number of hydroxylamine groups is 1. The van der Waals surface area contributed by atoms with Gasteiger partial charge >= 0.3 is 0 Å². The number of hydrogen-bond acceptors (Lipinski definition) is 2. The van der Waals surface area contributed by atoms with Crippen LogP contribution < -0.4 is 5.48 Å². The smallest absolute Gasteiger partial charge is 0.247 e. The summed E-state index contributed by atoms with van der Waals surface area (Å²) in [5.74, 6) is -0.104. The van der Waals surface area contributed by atoms with Crippen LogP contribution in [-0.4, -0.2) is 12.5 Å². The molecule has 0 aliphatic heterocycles. The van der Waals surface area contributed by atoms with Gasteiger partial charge < -0.3 is 0 Å². The molecule has 94 valence electrons. The summed E-state index contributed by atoms with van der Waals surface area (Å²) in [6, 6.07) is 8.21. The Morgan fingerprint density at radius 2 is 1.82 bits per heavy atom. The minimum atomic E-state index is -0.104. The number of unbranched alkanes of at least 4 members (excludes halogenated alkanes) is 1. The van der Waals surface area contributed by atoms with Crippen molar-refractivity contribution in [3.63, 3.8) is 0 Å². The van der Waals surface area contributed by atoms with Crippen molar-refractivity contribution in [3.8, 4) is 0 Å². The minimum Gasteiger partial charge on any atom is -0.274 e. The van der Waals surface area contributed by atoms with E-state index < -0.39 is 0 Å². The summed E-state index contributed by atoms with van der Waals surface area (Å²) in [6.07, 6.45) is 3.90. The van der Waals surface area contributed by atoms with Crippen LogP contribution in [0.3, 0.4) is 0 Å². The van der Waals surface area contributed by atoms with E-state index in [0.717, 1.165) is 12.0 Å². The normalized spacial score (nSPS) is 10.2. The topological polar surface area (TPSA) is 38.3 Å². The minimum absolute atomic E-state index is 0.104. The average Bonchev–Trinajstić information content (AvgIpc) is 2.35. The number of aryl methyl sites for hydroxylation is 1. The van der Waals surface area contributed by atoms with E-state index >= 15 is 0 Å². The lowest BCUT2D eigenvalue weighted by Gasteiger charge is -2.05. The first kappa shape index (κ1) is 13.7. The van der Waals surface area contributed by atoms with Crippen LogP contribution in [0.2, 0.25) is 0 Å². The van der Waals surface area contributed by atoms with E-state index in [-0.39, 0.29) is 5.91 Å². The summed E-state index contributed by atoms with van der Waals surface area (Å²) in [7, 11) is 0. The molecule has 1 N–H and O–H groups in total. The van der Waals surface area contributed by atoms with Gasteiger partial charge in [-0.3, -0.25) is 9.63 Å². The average molecular weight is 235 g/mol. The number of hydrogen-bond donors (Lipinski definition) is 1. The largest absolute Gasteiger partial charge is 0.274 e. The maximum atomic E-state index is 11.4. The lowest BCUT2D eigenvalue weighted by atomic mass is 10.0. The summed E-state index contributed by atoms with van der Waals surface area (Å²) in [5, 5.41) is 0. The van der Waals surface area contributed by atoms with Crippen LogP contribution in [0.4, 0.5) is 0 Å². The quantitative estimate of drug-likeness (QED) is 0.738. The van der Waals surface area contributed by atoms with E-state index in [4.69, 9.17) is 4.84 Å². The molecule has 1 rings (SSSR count). The molecule has 0 unspecified atom stereocenters. The molecule has 0 aliphatic rings. The predicted octanol–water partition coefficient (Wildman–Crippen LogP) is 2.64. The van der Waals surface area contributed by atoms with Crippen molar-refractivity contribution in [2.75, 3.05) is 6.61 Å². The summed E-state index contributed by atoms with van der Waals surface area (Å²) in [4.78, 5) is 16.2. The fraction of sp³-hybridized carbons (Fsp3) is 0.500. The van der Waals surface area contributed by atoms with Crippen molar-refractivity contribution in [1.82, 2.24) is 5.48 Å². The second-order valence-electron chi connectivity index (χ2n) is 4.06. The fourth-order valence-corrected chi connectivity index (χ4v) is 1.58. The number of amides is 1. The van der Waals surface area contributed by atoms with E-state index in [1.54, 1.807) is 0 Å². The maximum absolute atomic E-state index is 11.4. The van der Waals surface area contributed by atoms with Crippen LogP contribution in [0, 0.1) is 0 Å². The van der Waals surface area contributed by atoms with Gasteiger partial charge in [0.25, 0.3) is 0 Å². The third kappa shape index (κ3) is 5.50. The Morgan fingerprint density at radius 3 is 2.41 bits per heavy atom. The fourth-order valence-electron chi connectivity index (χ4n) is 1.58. The highest BCUT2D eigenvalue weighted by Gasteiger charge is 2.02. The number of nitrogens with one attached hydrogen (secondary N) is 1. The van der Waals surface area contributed by atoms with Crippen LogP contribution in [-0.2, 0) is 22.5 Å². The molecule has 0 saturated carbocycles. The van der Waals surface area contributed by atoms with Crippen LogP contribution in [0.15, 0.2) is 24.3 Å². The van der Waals surface area contributed by atoms with Crippen molar-refractivity contribution in [1.29, 1.82) is 0 Å². The SMILES string of the molecule is CCCCc1ccc(CC(=O)NOCC)cc1. The third-order valence-corrected chi connectivity index (χ3v) is 2.54. The zero-order chi connectivity index (χ0) is 12.5. The lowest BCUT2D eigenvalue weighted by Crippen LogP contribution is -2.25. The summed E-state index contributed by atoms with van der Waals surface area (Å²) in [5.41, 5.74) is 4.74. The number of carbonyl (C=O) groups excluding carboxylic acids is 1. The first-order valence-corrected chi connectivity index (χ1v) is 6.24. The molecular formula is C14H21NO2. The zero-order valence-corrected chi connectivity index (χ0v) is 10.7. The van der Waals surface area contributed by atoms with Gasteiger partial charge in [-0.25, -0.2) is 5.48 Å². The van der Waals surface area contributed by atoms with Gasteiger partial charge in [0.15, 0.2) is 0 Å². The van der Waals surface area contributed by atoms with E-state index in [0.29, 0.717) is 13.0 Å². The number of benzene rings is 1. The Bertz CT molecular complexity index is 333. The van der Waals surface area contributed by atoms with E-state index in [1.165, 1.54) is 18.4 Å². The van der Waals surface area contributed by atoms with Crippen molar-refractivity contribution in [2.45, 2.75) is 39.5 Å². The van der Waals surface area contributed by atoms with Gasteiger partial charge in [0, 0.05) is 0 Å². The monoisotopic (exact) mass is 235 g/mol. The Kier molecular flexibility index (Phi) is 6.33. The molecule has 0 saturated heterocycles. The molecule has 0 heterocycles. The molecule has 17 heavy (non-hydrogen) atoms. The third-order valence-electron chi connectivity index (χ3n) is 2.54. The molecule has 1 amide bonds. The molecule has 0 aromatic heterocycles. The molecule has 0 bridgehead atoms. The highest BCUT2D eigenvalue weighted by Crippen LogP contribution is 2.08. The molecular weight excluding hydrogens is 214 g/mol. The van der Waals surface area contributed by atoms with Gasteiger partial charge in [-0.2, -0.15) is 0 Å². The molecule has 1 aromatic carbocycles. The molecule has 3 nitrogen and oxygen atoms in total. The molecule has 3 heteroatoms. The van der Waals surface area contributed by atoms with Crippen LogP contribution in [0.1, 0.15) is 37.8 Å².